The number of benzene rings is 1. The second-order valence-corrected chi connectivity index (χ2v) is 6.54. The van der Waals surface area contributed by atoms with Crippen molar-refractivity contribution in [2.45, 2.75) is 26.1 Å². The Balaban J connectivity index is 1.89. The molecule has 2 amide bonds. The van der Waals surface area contributed by atoms with E-state index in [1.807, 2.05) is 0 Å². The molecule has 132 valence electrons. The summed E-state index contributed by atoms with van der Waals surface area (Å²) >= 11 is 0.930. The Morgan fingerprint density at radius 1 is 1.40 bits per heavy atom. The van der Waals surface area contributed by atoms with E-state index in [9.17, 15) is 22.8 Å². The molecule has 0 aliphatic carbocycles. The van der Waals surface area contributed by atoms with E-state index >= 15 is 0 Å². The summed E-state index contributed by atoms with van der Waals surface area (Å²) in [5.41, 5.74) is 1.45. The molecule has 2 aromatic rings. The van der Waals surface area contributed by atoms with Gasteiger partial charge in [-0.2, -0.15) is 13.2 Å². The first kappa shape index (κ1) is 17.2. The third-order valence-corrected chi connectivity index (χ3v) is 4.34. The van der Waals surface area contributed by atoms with Crippen molar-refractivity contribution in [3.63, 3.8) is 0 Å². The van der Waals surface area contributed by atoms with E-state index in [0.717, 1.165) is 11.3 Å². The second-order valence-electron chi connectivity index (χ2n) is 5.34. The predicted octanol–water partition coefficient (Wildman–Crippen LogP) is 3.34. The number of aryl methyl sites for hydroxylation is 1. The molecule has 10 heteroatoms. The molecular formula is C15H12F3N3O3S. The number of alkyl halides is 3. The van der Waals surface area contributed by atoms with E-state index in [4.69, 9.17) is 4.74 Å². The summed E-state index contributed by atoms with van der Waals surface area (Å²) in [5.74, 6) is -1.87. The lowest BCUT2D eigenvalue weighted by Crippen LogP contribution is -2.34. The maximum atomic E-state index is 12.3. The number of nitrogens with one attached hydrogen (secondary N) is 2. The molecule has 1 aromatic carbocycles. The average Bonchev–Trinajstić information content (AvgIpc) is 2.87. The van der Waals surface area contributed by atoms with Crippen LogP contribution in [-0.4, -0.2) is 29.1 Å². The molecule has 0 bridgehead atoms. The summed E-state index contributed by atoms with van der Waals surface area (Å²) in [5, 5.41) is 4.28. The van der Waals surface area contributed by atoms with Crippen LogP contribution in [0, 0.1) is 6.92 Å². The zero-order valence-electron chi connectivity index (χ0n) is 13.0. The van der Waals surface area contributed by atoms with E-state index in [1.165, 1.54) is 0 Å². The quantitative estimate of drug-likeness (QED) is 0.849. The van der Waals surface area contributed by atoms with Gasteiger partial charge in [0.15, 0.2) is 11.2 Å². The first-order valence-corrected chi connectivity index (χ1v) is 7.94. The molecule has 0 saturated heterocycles. The van der Waals surface area contributed by atoms with Gasteiger partial charge in [0.25, 0.3) is 5.91 Å². The number of carbonyl (C=O) groups excluding carboxylic acids is 2. The third kappa shape index (κ3) is 3.43. The smallest absolute Gasteiger partial charge is 0.471 e. The van der Waals surface area contributed by atoms with Gasteiger partial charge in [0.2, 0.25) is 0 Å². The second kappa shape index (κ2) is 6.03. The van der Waals surface area contributed by atoms with Crippen molar-refractivity contribution in [1.29, 1.82) is 0 Å². The number of anilines is 2. The monoisotopic (exact) mass is 371 g/mol. The van der Waals surface area contributed by atoms with Crippen molar-refractivity contribution in [1.82, 2.24) is 4.98 Å². The van der Waals surface area contributed by atoms with E-state index < -0.39 is 18.2 Å². The third-order valence-electron chi connectivity index (χ3n) is 3.46. The fourth-order valence-corrected chi connectivity index (χ4v) is 3.07. The SMILES string of the molecule is Cc1sc(NC(=O)C(F)(F)F)nc1-c1ccc2c(c1)NC(=O)[C@H](C)O2. The number of halogens is 3. The van der Waals surface area contributed by atoms with Crippen molar-refractivity contribution in [2.75, 3.05) is 10.6 Å². The van der Waals surface area contributed by atoms with Gasteiger partial charge in [-0.3, -0.25) is 14.9 Å². The van der Waals surface area contributed by atoms with Crippen LogP contribution >= 0.6 is 11.3 Å². The number of carbonyl (C=O) groups is 2. The number of fused-ring (bicyclic) bond motifs is 1. The highest BCUT2D eigenvalue weighted by Gasteiger charge is 2.39. The zero-order chi connectivity index (χ0) is 18.4. The Hall–Kier alpha value is -2.62. The standard InChI is InChI=1S/C15H12F3N3O3S/c1-6-12(22)19-9-5-8(3-4-10(9)24-6)11-7(2)25-14(20-11)21-13(23)15(16,17)18/h3-6H,1-2H3,(H,19,22)(H,20,21,23)/t6-/m0/s1. The molecule has 0 unspecified atom stereocenters. The van der Waals surface area contributed by atoms with Crippen molar-refractivity contribution in [2.24, 2.45) is 0 Å². The number of nitrogens with zero attached hydrogens (tertiary/aromatic N) is 1. The molecule has 0 spiro atoms. The van der Waals surface area contributed by atoms with Crippen LogP contribution in [0.2, 0.25) is 0 Å². The number of rotatable bonds is 2. The molecule has 25 heavy (non-hydrogen) atoms. The molecule has 6 nitrogen and oxygen atoms in total. The highest BCUT2D eigenvalue weighted by Crippen LogP contribution is 2.37. The van der Waals surface area contributed by atoms with E-state index in [1.54, 1.807) is 37.4 Å². The van der Waals surface area contributed by atoms with Gasteiger partial charge in [-0.15, -0.1) is 11.3 Å². The molecule has 0 radical (unpaired) electrons. The lowest BCUT2D eigenvalue weighted by atomic mass is 10.1. The topological polar surface area (TPSA) is 80.3 Å². The zero-order valence-corrected chi connectivity index (χ0v) is 13.8. The Bertz CT molecular complexity index is 863. The van der Waals surface area contributed by atoms with Crippen molar-refractivity contribution in [3.8, 4) is 17.0 Å². The van der Waals surface area contributed by atoms with Crippen LogP contribution < -0.4 is 15.4 Å². The molecule has 1 aliphatic heterocycles. The Morgan fingerprint density at radius 2 is 2.12 bits per heavy atom. The highest BCUT2D eigenvalue weighted by atomic mass is 32.1. The number of hydrogen-bond donors (Lipinski definition) is 2. The first-order chi connectivity index (χ1) is 11.6. The number of amides is 2. The van der Waals surface area contributed by atoms with Crippen molar-refractivity contribution >= 4 is 34.0 Å². The lowest BCUT2D eigenvalue weighted by Gasteiger charge is -2.23. The normalized spacial score (nSPS) is 16.7. The van der Waals surface area contributed by atoms with E-state index in [0.29, 0.717) is 27.6 Å². The van der Waals surface area contributed by atoms with Gasteiger partial charge in [0, 0.05) is 10.4 Å². The number of ether oxygens (including phenoxy) is 1. The van der Waals surface area contributed by atoms with Crippen LogP contribution in [0.5, 0.6) is 5.75 Å². The lowest BCUT2D eigenvalue weighted by molar-refractivity contribution is -0.167. The van der Waals surface area contributed by atoms with Crippen LogP contribution in [0.4, 0.5) is 24.0 Å². The van der Waals surface area contributed by atoms with E-state index in [-0.39, 0.29) is 11.0 Å². The molecule has 1 aromatic heterocycles. The van der Waals surface area contributed by atoms with Crippen LogP contribution in [0.1, 0.15) is 11.8 Å². The van der Waals surface area contributed by atoms with Crippen LogP contribution in [0.3, 0.4) is 0 Å². The van der Waals surface area contributed by atoms with E-state index in [2.05, 4.69) is 10.3 Å². The van der Waals surface area contributed by atoms with Gasteiger partial charge >= 0.3 is 12.1 Å². The Labute approximate surface area is 144 Å². The fourth-order valence-electron chi connectivity index (χ4n) is 2.24. The van der Waals surface area contributed by atoms with Crippen molar-refractivity contribution < 1.29 is 27.5 Å². The average molecular weight is 371 g/mol. The van der Waals surface area contributed by atoms with Gasteiger partial charge in [0.05, 0.1) is 11.4 Å². The maximum Gasteiger partial charge on any atom is 0.471 e. The minimum atomic E-state index is -4.98. The molecule has 1 aliphatic rings. The molecule has 0 fully saturated rings. The summed E-state index contributed by atoms with van der Waals surface area (Å²) in [4.78, 5) is 27.4. The minimum Gasteiger partial charge on any atom is -0.479 e. The van der Waals surface area contributed by atoms with Crippen LogP contribution in [-0.2, 0) is 9.59 Å². The van der Waals surface area contributed by atoms with Gasteiger partial charge in [-0.25, -0.2) is 4.98 Å². The minimum absolute atomic E-state index is 0.151. The number of thiazole rings is 1. The Morgan fingerprint density at radius 3 is 2.80 bits per heavy atom. The molecule has 1 atom stereocenters. The largest absolute Gasteiger partial charge is 0.479 e. The molecule has 2 heterocycles. The van der Waals surface area contributed by atoms with Crippen LogP contribution in [0.25, 0.3) is 11.3 Å². The summed E-state index contributed by atoms with van der Waals surface area (Å²) in [6.45, 7) is 3.29. The number of aromatic nitrogens is 1. The molecule has 3 rings (SSSR count). The van der Waals surface area contributed by atoms with Gasteiger partial charge in [-0.05, 0) is 32.0 Å². The summed E-state index contributed by atoms with van der Waals surface area (Å²) in [6, 6.07) is 4.95. The molecule has 0 saturated carbocycles. The summed E-state index contributed by atoms with van der Waals surface area (Å²) in [7, 11) is 0. The summed E-state index contributed by atoms with van der Waals surface area (Å²) < 4.78 is 42.4. The first-order valence-electron chi connectivity index (χ1n) is 7.12. The molecule has 2 N–H and O–H groups in total. The van der Waals surface area contributed by atoms with Gasteiger partial charge in [-0.1, -0.05) is 0 Å². The maximum absolute atomic E-state index is 12.3. The number of hydrogen-bond acceptors (Lipinski definition) is 5. The highest BCUT2D eigenvalue weighted by molar-refractivity contribution is 7.16. The predicted molar refractivity (Wildman–Crippen MR) is 85.7 cm³/mol. The fraction of sp³-hybridized carbons (Fsp3) is 0.267. The van der Waals surface area contributed by atoms with Gasteiger partial charge in [0.1, 0.15) is 5.75 Å². The van der Waals surface area contributed by atoms with Crippen molar-refractivity contribution in [3.05, 3.63) is 23.1 Å². The molecular weight excluding hydrogens is 359 g/mol. The Kier molecular flexibility index (Phi) is 4.15. The summed E-state index contributed by atoms with van der Waals surface area (Å²) in [6.07, 6.45) is -5.59. The van der Waals surface area contributed by atoms with Gasteiger partial charge < -0.3 is 10.1 Å². The van der Waals surface area contributed by atoms with Crippen LogP contribution in [0.15, 0.2) is 18.2 Å².